The van der Waals surface area contributed by atoms with Gasteiger partial charge in [0.1, 0.15) is 5.82 Å². The van der Waals surface area contributed by atoms with Gasteiger partial charge in [0.25, 0.3) is 0 Å². The molecule has 0 spiro atoms. The van der Waals surface area contributed by atoms with Crippen molar-refractivity contribution in [2.75, 3.05) is 11.9 Å². The molecule has 0 aliphatic heterocycles. The highest BCUT2D eigenvalue weighted by Crippen LogP contribution is 2.28. The third kappa shape index (κ3) is 4.21. The molecule has 9 heteroatoms. The van der Waals surface area contributed by atoms with E-state index in [9.17, 15) is 4.39 Å². The molecule has 4 rings (SSSR count). The van der Waals surface area contributed by atoms with Crippen molar-refractivity contribution in [3.63, 3.8) is 0 Å². The molecule has 0 saturated carbocycles. The number of hydrogen-bond acceptors (Lipinski definition) is 6. The lowest BCUT2D eigenvalue weighted by molar-refractivity contribution is 0.377. The minimum Gasteiger partial charge on any atom is -0.361 e. The minimum absolute atomic E-state index is 0.250. The zero-order chi connectivity index (χ0) is 18.8. The molecule has 5 nitrogen and oxygen atoms in total. The van der Waals surface area contributed by atoms with Gasteiger partial charge in [-0.05, 0) is 42.8 Å². The number of benzene rings is 2. The van der Waals surface area contributed by atoms with Crippen molar-refractivity contribution in [2.45, 2.75) is 12.8 Å². The molecule has 0 aliphatic rings. The second kappa shape index (κ2) is 7.80. The average molecular weight is 423 g/mol. The molecule has 2 aromatic carbocycles. The van der Waals surface area contributed by atoms with Gasteiger partial charge in [-0.15, -0.1) is 0 Å². The van der Waals surface area contributed by atoms with Crippen molar-refractivity contribution in [3.8, 4) is 11.4 Å². The molecule has 2 heterocycles. The van der Waals surface area contributed by atoms with Gasteiger partial charge in [-0.1, -0.05) is 39.7 Å². The Hall–Kier alpha value is -2.22. The fraction of sp³-hybridized carbons (Fsp3) is 0.167. The third-order valence-electron chi connectivity index (χ3n) is 3.83. The molecule has 0 atom stereocenters. The molecule has 27 heavy (non-hydrogen) atoms. The quantitative estimate of drug-likeness (QED) is 0.395. The number of nitrogens with one attached hydrogen (secondary N) is 1. The highest BCUT2D eigenvalue weighted by molar-refractivity contribution is 7.22. The average Bonchev–Trinajstić information content (AvgIpc) is 3.25. The minimum atomic E-state index is -0.407. The summed E-state index contributed by atoms with van der Waals surface area (Å²) in [6.07, 6.45) is 1.39. The maximum absolute atomic E-state index is 13.1. The summed E-state index contributed by atoms with van der Waals surface area (Å²) >= 11 is 13.6. The zero-order valence-electron chi connectivity index (χ0n) is 13.9. The van der Waals surface area contributed by atoms with E-state index in [-0.39, 0.29) is 5.02 Å². The van der Waals surface area contributed by atoms with Crippen molar-refractivity contribution in [3.05, 3.63) is 58.2 Å². The van der Waals surface area contributed by atoms with Crippen LogP contribution in [-0.4, -0.2) is 21.7 Å². The number of anilines is 1. The van der Waals surface area contributed by atoms with Crippen molar-refractivity contribution < 1.29 is 8.91 Å². The monoisotopic (exact) mass is 422 g/mol. The van der Waals surface area contributed by atoms with Crippen molar-refractivity contribution in [1.29, 1.82) is 0 Å². The molecule has 0 bridgehead atoms. The highest BCUT2D eigenvalue weighted by atomic mass is 35.5. The topological polar surface area (TPSA) is 63.8 Å². The van der Waals surface area contributed by atoms with Crippen LogP contribution in [-0.2, 0) is 6.42 Å². The summed E-state index contributed by atoms with van der Waals surface area (Å²) in [5.74, 6) is 0.449. The van der Waals surface area contributed by atoms with Crippen LogP contribution in [0.2, 0.25) is 10.0 Å². The van der Waals surface area contributed by atoms with Crippen LogP contribution in [0.4, 0.5) is 9.52 Å². The van der Waals surface area contributed by atoms with E-state index in [1.54, 1.807) is 11.3 Å². The van der Waals surface area contributed by atoms with E-state index >= 15 is 0 Å². The Balaban J connectivity index is 1.33. The van der Waals surface area contributed by atoms with Crippen LogP contribution in [0.5, 0.6) is 0 Å². The number of fused-ring (bicyclic) bond motifs is 1. The van der Waals surface area contributed by atoms with Crippen molar-refractivity contribution in [1.82, 2.24) is 15.1 Å². The van der Waals surface area contributed by atoms with Gasteiger partial charge in [-0.25, -0.2) is 9.37 Å². The molecule has 0 unspecified atom stereocenters. The number of rotatable bonds is 6. The van der Waals surface area contributed by atoms with E-state index < -0.39 is 5.82 Å². The molecule has 1 N–H and O–H groups in total. The summed E-state index contributed by atoms with van der Waals surface area (Å²) in [5, 5.41) is 9.00. The summed E-state index contributed by atoms with van der Waals surface area (Å²) in [5.41, 5.74) is 1.46. The highest BCUT2D eigenvalue weighted by Gasteiger charge is 2.12. The number of nitrogens with zero attached hydrogens (tertiary/aromatic N) is 3. The van der Waals surface area contributed by atoms with Crippen LogP contribution in [0.15, 0.2) is 40.9 Å². The molecule has 0 fully saturated rings. The summed E-state index contributed by atoms with van der Waals surface area (Å²) in [7, 11) is 0. The van der Waals surface area contributed by atoms with Gasteiger partial charge in [-0.2, -0.15) is 4.98 Å². The van der Waals surface area contributed by atoms with E-state index in [1.807, 2.05) is 18.2 Å². The summed E-state index contributed by atoms with van der Waals surface area (Å²) < 4.78 is 19.4. The maximum Gasteiger partial charge on any atom is 0.227 e. The fourth-order valence-electron chi connectivity index (χ4n) is 2.55. The van der Waals surface area contributed by atoms with E-state index in [0.29, 0.717) is 35.3 Å². The van der Waals surface area contributed by atoms with Gasteiger partial charge in [0.15, 0.2) is 5.13 Å². The molecule has 2 aromatic heterocycles. The van der Waals surface area contributed by atoms with Crippen LogP contribution in [0.3, 0.4) is 0 Å². The smallest absolute Gasteiger partial charge is 0.227 e. The Bertz CT molecular complexity index is 1100. The second-order valence-electron chi connectivity index (χ2n) is 5.80. The summed E-state index contributed by atoms with van der Waals surface area (Å²) in [6.45, 7) is 0.711. The number of aryl methyl sites for hydroxylation is 1. The van der Waals surface area contributed by atoms with Crippen molar-refractivity contribution >= 4 is 49.9 Å². The van der Waals surface area contributed by atoms with E-state index in [4.69, 9.17) is 27.7 Å². The third-order valence-corrected chi connectivity index (χ3v) is 5.36. The van der Waals surface area contributed by atoms with Crippen LogP contribution in [0, 0.1) is 5.82 Å². The van der Waals surface area contributed by atoms with Gasteiger partial charge in [0.2, 0.25) is 11.7 Å². The Morgan fingerprint density at radius 1 is 1.11 bits per heavy atom. The van der Waals surface area contributed by atoms with Gasteiger partial charge in [-0.3, -0.25) is 0 Å². The molecule has 0 aliphatic carbocycles. The standard InChI is InChI=1S/C18H13Cl2FN4OS/c19-10-3-6-14-15(8-10)27-18(23-14)22-7-1-2-16-24-17(25-26-16)12-5-4-11(21)9-13(12)20/h3-6,8-9H,1-2,7H2,(H,22,23). The Kier molecular flexibility index (Phi) is 5.24. The second-order valence-corrected chi connectivity index (χ2v) is 7.67. The molecule has 0 radical (unpaired) electrons. The number of hydrogen-bond donors (Lipinski definition) is 1. The molecular formula is C18H13Cl2FN4OS. The SMILES string of the molecule is Fc1ccc(-c2noc(CCCNc3nc4ccc(Cl)cc4s3)n2)c(Cl)c1. The van der Waals surface area contributed by atoms with Gasteiger partial charge < -0.3 is 9.84 Å². The predicted octanol–water partition coefficient (Wildman–Crippen LogP) is 5.84. The Labute approximate surface area is 168 Å². The number of halogens is 3. The van der Waals surface area contributed by atoms with Crippen molar-refractivity contribution in [2.24, 2.45) is 0 Å². The van der Waals surface area contributed by atoms with E-state index in [2.05, 4.69) is 20.4 Å². The van der Waals surface area contributed by atoms with Gasteiger partial charge >= 0.3 is 0 Å². The van der Waals surface area contributed by atoms with E-state index in [1.165, 1.54) is 18.2 Å². The van der Waals surface area contributed by atoms with Gasteiger partial charge in [0.05, 0.1) is 15.2 Å². The number of thiazole rings is 1. The molecule has 0 saturated heterocycles. The van der Waals surface area contributed by atoms with E-state index in [0.717, 1.165) is 21.8 Å². The molecule has 0 amide bonds. The van der Waals surface area contributed by atoms with Crippen LogP contribution >= 0.6 is 34.5 Å². The first kappa shape index (κ1) is 18.2. The zero-order valence-corrected chi connectivity index (χ0v) is 16.2. The molecule has 138 valence electrons. The molecule has 4 aromatic rings. The fourth-order valence-corrected chi connectivity index (χ4v) is 3.96. The number of aromatic nitrogens is 3. The maximum atomic E-state index is 13.1. The predicted molar refractivity (Wildman–Crippen MR) is 106 cm³/mol. The first-order valence-electron chi connectivity index (χ1n) is 8.16. The normalized spacial score (nSPS) is 11.2. The summed E-state index contributed by atoms with van der Waals surface area (Å²) in [6, 6.07) is 9.70. The largest absolute Gasteiger partial charge is 0.361 e. The Morgan fingerprint density at radius 3 is 2.85 bits per heavy atom. The molecular weight excluding hydrogens is 410 g/mol. The van der Waals surface area contributed by atoms with Gasteiger partial charge in [0, 0.05) is 23.6 Å². The van der Waals surface area contributed by atoms with Crippen LogP contribution in [0.25, 0.3) is 21.6 Å². The lowest BCUT2D eigenvalue weighted by Gasteiger charge is -1.99. The van der Waals surface area contributed by atoms with Crippen LogP contribution < -0.4 is 5.32 Å². The Morgan fingerprint density at radius 2 is 2.00 bits per heavy atom. The van der Waals surface area contributed by atoms with Crippen LogP contribution in [0.1, 0.15) is 12.3 Å². The lowest BCUT2D eigenvalue weighted by Crippen LogP contribution is -2.02. The summed E-state index contributed by atoms with van der Waals surface area (Å²) in [4.78, 5) is 8.83. The lowest BCUT2D eigenvalue weighted by atomic mass is 10.2. The first-order valence-corrected chi connectivity index (χ1v) is 9.74. The first-order chi connectivity index (χ1) is 13.1.